The Kier molecular flexibility index (Phi) is 23.6. The lowest BCUT2D eigenvalue weighted by atomic mass is 9.84. The maximum absolute atomic E-state index is 14.1. The molecule has 5 N–H and O–H groups in total. The summed E-state index contributed by atoms with van der Waals surface area (Å²) in [5, 5.41) is 17.1. The van der Waals surface area contributed by atoms with E-state index < -0.39 is 63.5 Å². The van der Waals surface area contributed by atoms with Gasteiger partial charge in [-0.05, 0) is 135 Å². The van der Waals surface area contributed by atoms with E-state index >= 15 is 0 Å². The van der Waals surface area contributed by atoms with Crippen molar-refractivity contribution in [2.45, 2.75) is 128 Å². The first-order valence-electron chi connectivity index (χ1n) is 26.5. The number of aryl methyl sites for hydroxylation is 1. The van der Waals surface area contributed by atoms with Gasteiger partial charge in [0.1, 0.15) is 17.9 Å². The van der Waals surface area contributed by atoms with Gasteiger partial charge in [0.15, 0.2) is 18.1 Å². The molecule has 0 saturated carbocycles. The number of nitrogens with one attached hydrogen (secondary N) is 2. The summed E-state index contributed by atoms with van der Waals surface area (Å²) in [6.45, 7) is 9.30. The molecule has 0 bridgehead atoms. The normalized spacial score (nSPS) is 15.0. The van der Waals surface area contributed by atoms with Crippen LogP contribution in [0.3, 0.4) is 0 Å². The van der Waals surface area contributed by atoms with Crippen LogP contribution in [0.15, 0.2) is 102 Å². The van der Waals surface area contributed by atoms with Crippen LogP contribution in [-0.4, -0.2) is 124 Å². The van der Waals surface area contributed by atoms with Gasteiger partial charge in [0.05, 0.1) is 37.9 Å². The number of anilines is 1. The second-order valence-electron chi connectivity index (χ2n) is 20.4. The molecule has 1 aliphatic heterocycles. The number of piperidine rings is 1. The number of unbranched alkanes of at least 4 members (excludes halogenated alkanes) is 2. The number of methoxy groups -OCH3 is 2. The number of ether oxygens (including phenoxy) is 5. The summed E-state index contributed by atoms with van der Waals surface area (Å²) in [5.41, 5.74) is 7.69. The fourth-order valence-corrected chi connectivity index (χ4v) is 10.4. The standard InChI is InChI=1S/C58H79N5O13S/c1-8-58(4,5)54(66)55(67)63-32-15-13-22-48(63)56(68)76-50(29-23-42-24-30-51(72-6)52(35-42)73-7)43-20-17-21-45(36-43)75-39-53(65)60-31-14-10-16-33-74-57(69)61-47(34-41-18-11-9-12-19-41)49(64)38-62(37-40(2)3)77(70,71)46-27-25-44(59)26-28-46/h9,11-12,17-21,24-28,30,35-36,40,47-50,64H,8,10,13-16,22-23,29,31-34,37-39,59H2,1-7H3,(H,60,65)(H,61,69)/t47-,48-,49+,50+/m0/s1. The number of nitrogen functional groups attached to an aromatic ring is 1. The lowest BCUT2D eigenvalue weighted by Gasteiger charge is -2.36. The minimum atomic E-state index is -4.02. The van der Waals surface area contributed by atoms with Gasteiger partial charge in [-0.1, -0.05) is 83.1 Å². The number of nitrogens with two attached hydrogens (primary N) is 1. The second-order valence-corrected chi connectivity index (χ2v) is 22.4. The van der Waals surface area contributed by atoms with Crippen LogP contribution in [-0.2, 0) is 51.5 Å². The van der Waals surface area contributed by atoms with E-state index in [4.69, 9.17) is 29.4 Å². The molecule has 5 rings (SSSR count). The molecule has 4 atom stereocenters. The van der Waals surface area contributed by atoms with Gasteiger partial charge < -0.3 is 50.1 Å². The number of carbonyl (C=O) groups is 5. The Morgan fingerprint density at radius 2 is 1.58 bits per heavy atom. The molecule has 4 aromatic carbocycles. The Hall–Kier alpha value is -6.70. The van der Waals surface area contributed by atoms with Gasteiger partial charge in [0, 0.05) is 37.3 Å². The Morgan fingerprint density at radius 3 is 2.27 bits per heavy atom. The summed E-state index contributed by atoms with van der Waals surface area (Å²) in [7, 11) is -0.908. The van der Waals surface area contributed by atoms with Crippen LogP contribution in [0.1, 0.15) is 109 Å². The Balaban J connectivity index is 1.13. The fraction of sp³-hybridized carbons (Fsp3) is 0.500. The summed E-state index contributed by atoms with van der Waals surface area (Å²) in [6, 6.07) is 25.8. The number of ketones is 1. The Labute approximate surface area is 454 Å². The topological polar surface area (TPSA) is 242 Å². The summed E-state index contributed by atoms with van der Waals surface area (Å²) in [4.78, 5) is 68.4. The van der Waals surface area contributed by atoms with E-state index in [0.29, 0.717) is 92.8 Å². The first kappa shape index (κ1) is 61.2. The van der Waals surface area contributed by atoms with Crippen LogP contribution < -0.4 is 30.6 Å². The number of likely N-dealkylation sites (tertiary alicyclic amines) is 1. The van der Waals surface area contributed by atoms with Crippen molar-refractivity contribution in [3.05, 3.63) is 114 Å². The number of hydrogen-bond acceptors (Lipinski definition) is 14. The zero-order chi connectivity index (χ0) is 56.1. The third-order valence-electron chi connectivity index (χ3n) is 13.6. The monoisotopic (exact) mass is 1090 g/mol. The van der Waals surface area contributed by atoms with E-state index in [9.17, 15) is 37.5 Å². The molecule has 0 spiro atoms. The van der Waals surface area contributed by atoms with Crippen molar-refractivity contribution < 1.29 is 61.2 Å². The highest BCUT2D eigenvalue weighted by Gasteiger charge is 2.41. The van der Waals surface area contributed by atoms with E-state index in [1.807, 2.05) is 63.2 Å². The smallest absolute Gasteiger partial charge is 0.407 e. The molecule has 77 heavy (non-hydrogen) atoms. The zero-order valence-corrected chi connectivity index (χ0v) is 46.5. The van der Waals surface area contributed by atoms with Crippen LogP contribution in [0.2, 0.25) is 0 Å². The number of nitrogens with zero attached hydrogens (tertiary/aromatic N) is 2. The van der Waals surface area contributed by atoms with Crippen molar-refractivity contribution in [3.63, 3.8) is 0 Å². The van der Waals surface area contributed by atoms with Crippen LogP contribution in [0, 0.1) is 11.3 Å². The van der Waals surface area contributed by atoms with Crippen LogP contribution >= 0.6 is 0 Å². The van der Waals surface area contributed by atoms with Crippen molar-refractivity contribution in [1.82, 2.24) is 19.8 Å². The number of esters is 1. The first-order valence-corrected chi connectivity index (χ1v) is 28.0. The molecule has 0 unspecified atom stereocenters. The lowest BCUT2D eigenvalue weighted by molar-refractivity contribution is -0.164. The molecule has 1 heterocycles. The van der Waals surface area contributed by atoms with Gasteiger partial charge >= 0.3 is 12.1 Å². The second kappa shape index (κ2) is 29.7. The van der Waals surface area contributed by atoms with Crippen LogP contribution in [0.25, 0.3) is 0 Å². The molecular formula is C58H79N5O13S. The molecule has 1 saturated heterocycles. The number of carbonyl (C=O) groups excluding carboxylic acids is 5. The number of rotatable bonds is 30. The van der Waals surface area contributed by atoms with Gasteiger partial charge in [-0.15, -0.1) is 0 Å². The average Bonchev–Trinajstić information content (AvgIpc) is 3.43. The highest BCUT2D eigenvalue weighted by molar-refractivity contribution is 7.89. The van der Waals surface area contributed by atoms with Crippen LogP contribution in [0.5, 0.6) is 17.2 Å². The average molecular weight is 1090 g/mol. The number of hydrogen-bond donors (Lipinski definition) is 4. The van der Waals surface area contributed by atoms with Gasteiger partial charge in [0.2, 0.25) is 15.8 Å². The molecule has 0 radical (unpaired) electrons. The molecule has 19 heteroatoms. The number of amides is 3. The minimum absolute atomic E-state index is 0.0417. The van der Waals surface area contributed by atoms with Gasteiger partial charge in [0.25, 0.3) is 11.8 Å². The van der Waals surface area contributed by atoms with E-state index in [1.54, 1.807) is 58.4 Å². The van der Waals surface area contributed by atoms with Crippen molar-refractivity contribution in [2.24, 2.45) is 11.3 Å². The third-order valence-corrected chi connectivity index (χ3v) is 15.5. The Bertz CT molecular complexity index is 2670. The highest BCUT2D eigenvalue weighted by Crippen LogP contribution is 2.33. The molecule has 18 nitrogen and oxygen atoms in total. The van der Waals surface area contributed by atoms with Gasteiger partial charge in [-0.2, -0.15) is 4.31 Å². The van der Waals surface area contributed by atoms with E-state index in [-0.39, 0.29) is 56.0 Å². The van der Waals surface area contributed by atoms with Crippen molar-refractivity contribution >= 4 is 45.4 Å². The van der Waals surface area contributed by atoms with E-state index in [0.717, 1.165) is 11.1 Å². The van der Waals surface area contributed by atoms with E-state index in [1.165, 1.54) is 33.5 Å². The maximum atomic E-state index is 14.1. The number of aliphatic hydroxyl groups excluding tert-OH is 1. The number of aliphatic hydroxyl groups is 1. The lowest BCUT2D eigenvalue weighted by Crippen LogP contribution is -2.53. The van der Waals surface area contributed by atoms with Gasteiger partial charge in [-0.25, -0.2) is 18.0 Å². The first-order chi connectivity index (χ1) is 36.8. The van der Waals surface area contributed by atoms with E-state index in [2.05, 4.69) is 10.6 Å². The third kappa shape index (κ3) is 18.5. The minimum Gasteiger partial charge on any atom is -0.493 e. The van der Waals surface area contributed by atoms with Gasteiger partial charge in [-0.3, -0.25) is 14.4 Å². The van der Waals surface area contributed by atoms with Crippen molar-refractivity contribution in [3.8, 4) is 17.2 Å². The Morgan fingerprint density at radius 1 is 0.857 bits per heavy atom. The predicted molar refractivity (Wildman–Crippen MR) is 293 cm³/mol. The number of alkyl carbamates (subject to hydrolysis) is 1. The van der Waals surface area contributed by atoms with Crippen molar-refractivity contribution in [1.29, 1.82) is 0 Å². The number of benzene rings is 4. The fourth-order valence-electron chi connectivity index (χ4n) is 8.79. The molecule has 4 aromatic rings. The van der Waals surface area contributed by atoms with Crippen LogP contribution in [0.4, 0.5) is 10.5 Å². The zero-order valence-electron chi connectivity index (χ0n) is 45.7. The van der Waals surface area contributed by atoms with Crippen molar-refractivity contribution in [2.75, 3.05) is 59.3 Å². The molecule has 0 aliphatic carbocycles. The number of Topliss-reactive ketones (excluding diaryl/α,β-unsaturated/α-hetero) is 1. The summed E-state index contributed by atoms with van der Waals surface area (Å²) in [5.74, 6) is -0.744. The SMILES string of the molecule is CCC(C)(C)C(=O)C(=O)N1CCCC[C@H]1C(=O)O[C@H](CCc1ccc(OC)c(OC)c1)c1cccc(OCC(=O)NCCCCCOC(=O)N[C@@H](Cc2ccccc2)[C@H](O)CN(CC(C)C)S(=O)(=O)c2ccc(N)cc2)c1. The largest absolute Gasteiger partial charge is 0.493 e. The quantitative estimate of drug-likeness (QED) is 0.0170. The molecule has 1 aliphatic rings. The molecule has 0 aromatic heterocycles. The highest BCUT2D eigenvalue weighted by atomic mass is 32.2. The molecule has 420 valence electrons. The summed E-state index contributed by atoms with van der Waals surface area (Å²) < 4.78 is 57.3. The number of sulfonamides is 1. The summed E-state index contributed by atoms with van der Waals surface area (Å²) >= 11 is 0. The molecule has 3 amide bonds. The maximum Gasteiger partial charge on any atom is 0.407 e. The summed E-state index contributed by atoms with van der Waals surface area (Å²) in [6.07, 6.45) is 2.07. The predicted octanol–water partition coefficient (Wildman–Crippen LogP) is 7.60. The molecular weight excluding hydrogens is 1010 g/mol. The molecule has 1 fully saturated rings.